The summed E-state index contributed by atoms with van der Waals surface area (Å²) in [6.07, 6.45) is 6.20. The fourth-order valence-corrected chi connectivity index (χ4v) is 1.88. The minimum absolute atomic E-state index is 0.226. The Hall–Kier alpha value is -1.95. The summed E-state index contributed by atoms with van der Waals surface area (Å²) >= 11 is 0. The van der Waals surface area contributed by atoms with Gasteiger partial charge >= 0.3 is 0 Å². The summed E-state index contributed by atoms with van der Waals surface area (Å²) in [5.41, 5.74) is 0. The monoisotopic (exact) mass is 279 g/mol. The first-order valence-electron chi connectivity index (χ1n) is 6.73. The van der Waals surface area contributed by atoms with Gasteiger partial charge in [-0.15, -0.1) is 6.58 Å². The maximum atomic E-state index is 12.0. The molecule has 0 fully saturated rings. The molecule has 0 aromatic heterocycles. The SMILES string of the molecule is C=CCNC(=O)C(=O)C(CCC)NC(=O)[C@@H]1C=CCN1. The Kier molecular flexibility index (Phi) is 6.66. The zero-order valence-corrected chi connectivity index (χ0v) is 11.6. The summed E-state index contributed by atoms with van der Waals surface area (Å²) in [6, 6.07) is -1.22. The third kappa shape index (κ3) is 4.62. The average Bonchev–Trinajstić information content (AvgIpc) is 2.97. The van der Waals surface area contributed by atoms with Gasteiger partial charge in [0.05, 0.1) is 6.04 Å². The van der Waals surface area contributed by atoms with Gasteiger partial charge in [0, 0.05) is 13.1 Å². The molecule has 1 aliphatic rings. The lowest BCUT2D eigenvalue weighted by Crippen LogP contribution is -2.51. The van der Waals surface area contributed by atoms with E-state index < -0.39 is 23.8 Å². The lowest BCUT2D eigenvalue weighted by atomic mass is 10.1. The second-order valence-corrected chi connectivity index (χ2v) is 4.53. The summed E-state index contributed by atoms with van der Waals surface area (Å²) in [7, 11) is 0. The van der Waals surface area contributed by atoms with Gasteiger partial charge in [0.25, 0.3) is 5.91 Å². The summed E-state index contributed by atoms with van der Waals surface area (Å²) in [5.74, 6) is -1.61. The molecule has 110 valence electrons. The van der Waals surface area contributed by atoms with Crippen LogP contribution in [0.5, 0.6) is 0 Å². The first-order chi connectivity index (χ1) is 9.60. The quantitative estimate of drug-likeness (QED) is 0.419. The number of nitrogens with one attached hydrogen (secondary N) is 3. The van der Waals surface area contributed by atoms with Gasteiger partial charge in [0.1, 0.15) is 6.04 Å². The van der Waals surface area contributed by atoms with Crippen molar-refractivity contribution < 1.29 is 14.4 Å². The van der Waals surface area contributed by atoms with Gasteiger partial charge in [0.2, 0.25) is 11.7 Å². The molecule has 1 heterocycles. The molecule has 0 radical (unpaired) electrons. The Bertz CT molecular complexity index is 418. The lowest BCUT2D eigenvalue weighted by molar-refractivity contribution is -0.140. The zero-order valence-electron chi connectivity index (χ0n) is 11.6. The summed E-state index contributed by atoms with van der Waals surface area (Å²) in [6.45, 7) is 6.21. The number of Topliss-reactive ketones (excluding diaryl/α,β-unsaturated/α-hetero) is 1. The van der Waals surface area contributed by atoms with Crippen LogP contribution in [-0.4, -0.2) is 42.8 Å². The second kappa shape index (κ2) is 8.27. The van der Waals surface area contributed by atoms with Crippen LogP contribution in [0.25, 0.3) is 0 Å². The van der Waals surface area contributed by atoms with E-state index in [4.69, 9.17) is 0 Å². The molecule has 0 aromatic carbocycles. The first kappa shape index (κ1) is 16.1. The normalized spacial score (nSPS) is 18.4. The number of ketones is 1. The summed E-state index contributed by atoms with van der Waals surface area (Å²) in [5, 5.41) is 8.01. The maximum absolute atomic E-state index is 12.0. The standard InChI is InChI=1S/C14H21N3O3/c1-3-6-10(12(18)14(20)16-8-4-2)17-13(19)11-7-5-9-15-11/h4-5,7,10-11,15H,2-3,6,8-9H2,1H3,(H,16,20)(H,17,19)/t10?,11-/m0/s1. The van der Waals surface area contributed by atoms with Gasteiger partial charge in [-0.05, 0) is 6.42 Å². The van der Waals surface area contributed by atoms with Gasteiger partial charge in [-0.1, -0.05) is 31.6 Å². The molecule has 0 spiro atoms. The van der Waals surface area contributed by atoms with E-state index >= 15 is 0 Å². The topological polar surface area (TPSA) is 87.3 Å². The molecule has 0 aliphatic carbocycles. The smallest absolute Gasteiger partial charge is 0.289 e. The van der Waals surface area contributed by atoms with Gasteiger partial charge in [-0.2, -0.15) is 0 Å². The highest BCUT2D eigenvalue weighted by atomic mass is 16.2. The molecular weight excluding hydrogens is 258 g/mol. The molecule has 1 aliphatic heterocycles. The van der Waals surface area contributed by atoms with E-state index in [1.54, 1.807) is 6.08 Å². The lowest BCUT2D eigenvalue weighted by Gasteiger charge is -2.18. The average molecular weight is 279 g/mol. The van der Waals surface area contributed by atoms with Crippen molar-refractivity contribution in [1.29, 1.82) is 0 Å². The minimum atomic E-state index is -0.784. The number of rotatable bonds is 8. The molecule has 1 unspecified atom stereocenters. The van der Waals surface area contributed by atoms with Gasteiger partial charge in [0.15, 0.2) is 0 Å². The number of carbonyl (C=O) groups is 3. The van der Waals surface area contributed by atoms with E-state index in [9.17, 15) is 14.4 Å². The number of hydrogen-bond acceptors (Lipinski definition) is 4. The molecule has 0 bridgehead atoms. The molecule has 1 rings (SSSR count). The van der Waals surface area contributed by atoms with Crippen LogP contribution in [0.3, 0.4) is 0 Å². The van der Waals surface area contributed by atoms with Crippen molar-refractivity contribution in [3.63, 3.8) is 0 Å². The maximum Gasteiger partial charge on any atom is 0.289 e. The third-order valence-electron chi connectivity index (χ3n) is 2.91. The Labute approximate surface area is 118 Å². The highest BCUT2D eigenvalue weighted by molar-refractivity contribution is 6.38. The van der Waals surface area contributed by atoms with Crippen molar-refractivity contribution in [2.45, 2.75) is 31.8 Å². The van der Waals surface area contributed by atoms with Crippen LogP contribution in [0.15, 0.2) is 24.8 Å². The van der Waals surface area contributed by atoms with Crippen LogP contribution in [0.2, 0.25) is 0 Å². The highest BCUT2D eigenvalue weighted by Gasteiger charge is 2.28. The van der Waals surface area contributed by atoms with Crippen LogP contribution < -0.4 is 16.0 Å². The van der Waals surface area contributed by atoms with Crippen LogP contribution >= 0.6 is 0 Å². The van der Waals surface area contributed by atoms with Crippen molar-refractivity contribution in [2.24, 2.45) is 0 Å². The summed E-state index contributed by atoms with van der Waals surface area (Å²) in [4.78, 5) is 35.6. The first-order valence-corrected chi connectivity index (χ1v) is 6.73. The van der Waals surface area contributed by atoms with E-state index in [2.05, 4.69) is 22.5 Å². The van der Waals surface area contributed by atoms with Crippen molar-refractivity contribution in [3.05, 3.63) is 24.8 Å². The van der Waals surface area contributed by atoms with Crippen LogP contribution in [0, 0.1) is 0 Å². The Balaban J connectivity index is 2.60. The molecule has 6 heteroatoms. The fourth-order valence-electron chi connectivity index (χ4n) is 1.88. The molecule has 20 heavy (non-hydrogen) atoms. The fraction of sp³-hybridized carbons (Fsp3) is 0.500. The molecule has 0 saturated heterocycles. The molecule has 6 nitrogen and oxygen atoms in total. The predicted octanol–water partition coefficient (Wildman–Crippen LogP) is -0.329. The van der Waals surface area contributed by atoms with Gasteiger partial charge < -0.3 is 10.6 Å². The molecule has 2 amide bonds. The van der Waals surface area contributed by atoms with Gasteiger partial charge in [-0.3, -0.25) is 19.7 Å². The van der Waals surface area contributed by atoms with Crippen LogP contribution in [0.4, 0.5) is 0 Å². The zero-order chi connectivity index (χ0) is 15.0. The van der Waals surface area contributed by atoms with E-state index in [-0.39, 0.29) is 12.5 Å². The van der Waals surface area contributed by atoms with Crippen LogP contribution in [-0.2, 0) is 14.4 Å². The van der Waals surface area contributed by atoms with Crippen molar-refractivity contribution >= 4 is 17.6 Å². The predicted molar refractivity (Wildman–Crippen MR) is 76.0 cm³/mol. The third-order valence-corrected chi connectivity index (χ3v) is 2.91. The molecule has 0 saturated carbocycles. The molecule has 0 aromatic rings. The van der Waals surface area contributed by atoms with E-state index in [0.29, 0.717) is 19.4 Å². The minimum Gasteiger partial charge on any atom is -0.346 e. The van der Waals surface area contributed by atoms with Crippen molar-refractivity contribution in [2.75, 3.05) is 13.1 Å². The second-order valence-electron chi connectivity index (χ2n) is 4.53. The molecule has 2 atom stereocenters. The number of amides is 2. The van der Waals surface area contributed by atoms with Crippen molar-refractivity contribution in [1.82, 2.24) is 16.0 Å². The summed E-state index contributed by atoms with van der Waals surface area (Å²) < 4.78 is 0. The molecule has 3 N–H and O–H groups in total. The van der Waals surface area contributed by atoms with E-state index in [1.807, 2.05) is 13.0 Å². The van der Waals surface area contributed by atoms with E-state index in [0.717, 1.165) is 0 Å². The number of hydrogen-bond donors (Lipinski definition) is 3. The Morgan fingerprint density at radius 3 is 2.80 bits per heavy atom. The Morgan fingerprint density at radius 2 is 2.25 bits per heavy atom. The highest BCUT2D eigenvalue weighted by Crippen LogP contribution is 2.02. The van der Waals surface area contributed by atoms with Gasteiger partial charge in [-0.25, -0.2) is 0 Å². The molecular formula is C14H21N3O3. The Morgan fingerprint density at radius 1 is 1.50 bits per heavy atom. The van der Waals surface area contributed by atoms with Crippen LogP contribution in [0.1, 0.15) is 19.8 Å². The van der Waals surface area contributed by atoms with Crippen molar-refractivity contribution in [3.8, 4) is 0 Å². The largest absolute Gasteiger partial charge is 0.346 e. The van der Waals surface area contributed by atoms with E-state index in [1.165, 1.54) is 6.08 Å². The number of carbonyl (C=O) groups excluding carboxylic acids is 3.